The molecule has 0 radical (unpaired) electrons. The van der Waals surface area contributed by atoms with Crippen molar-refractivity contribution in [1.29, 1.82) is 5.26 Å². The average molecular weight is 463 g/mol. The van der Waals surface area contributed by atoms with Crippen LogP contribution in [-0.4, -0.2) is 27.2 Å². The number of fused-ring (bicyclic) bond motifs is 1. The number of esters is 1. The fourth-order valence-electron chi connectivity index (χ4n) is 3.64. The maximum Gasteiger partial charge on any atom is 0.345 e. The predicted molar refractivity (Wildman–Crippen MR) is 120 cm³/mol. The van der Waals surface area contributed by atoms with Gasteiger partial charge in [0.2, 0.25) is 0 Å². The number of rotatable bonds is 6. The molecule has 0 saturated carbocycles. The third-order valence-electron chi connectivity index (χ3n) is 5.20. The highest BCUT2D eigenvalue weighted by atomic mass is 19.1. The summed E-state index contributed by atoms with van der Waals surface area (Å²) in [7, 11) is 0. The van der Waals surface area contributed by atoms with E-state index in [2.05, 4.69) is 15.4 Å². The van der Waals surface area contributed by atoms with Crippen molar-refractivity contribution in [3.63, 3.8) is 0 Å². The molecule has 0 fully saturated rings. The number of benzene rings is 2. The van der Waals surface area contributed by atoms with E-state index < -0.39 is 23.2 Å². The lowest BCUT2D eigenvalue weighted by molar-refractivity contribution is 0.0522. The topological polar surface area (TPSA) is 112 Å². The van der Waals surface area contributed by atoms with Crippen molar-refractivity contribution in [3.8, 4) is 17.2 Å². The first-order chi connectivity index (χ1) is 16.3. The van der Waals surface area contributed by atoms with Crippen molar-refractivity contribution in [1.82, 2.24) is 14.6 Å². The predicted octanol–water partition coefficient (Wildman–Crippen LogP) is 3.94. The van der Waals surface area contributed by atoms with Crippen LogP contribution in [0.25, 0.3) is 16.8 Å². The number of H-pyrrole nitrogens is 1. The zero-order valence-corrected chi connectivity index (χ0v) is 18.3. The minimum atomic E-state index is -0.829. The molecule has 0 unspecified atom stereocenters. The van der Waals surface area contributed by atoms with Crippen LogP contribution in [0.2, 0.25) is 0 Å². The molecule has 0 spiro atoms. The van der Waals surface area contributed by atoms with E-state index in [0.717, 1.165) is 16.6 Å². The van der Waals surface area contributed by atoms with Crippen LogP contribution in [0.4, 0.5) is 14.5 Å². The van der Waals surface area contributed by atoms with Gasteiger partial charge in [-0.25, -0.2) is 13.6 Å². The Kier molecular flexibility index (Phi) is 6.10. The van der Waals surface area contributed by atoms with Crippen molar-refractivity contribution in [2.45, 2.75) is 20.4 Å². The lowest BCUT2D eigenvalue weighted by Gasteiger charge is -2.12. The lowest BCUT2D eigenvalue weighted by atomic mass is 10.1. The Balaban J connectivity index is 1.87. The van der Waals surface area contributed by atoms with Gasteiger partial charge < -0.3 is 15.0 Å². The zero-order valence-electron chi connectivity index (χ0n) is 18.3. The van der Waals surface area contributed by atoms with Gasteiger partial charge in [-0.3, -0.25) is 4.79 Å². The SMILES string of the molecule is CCOC(=O)c1c(CNc2ccc(C#N)cc2)[nH]c2c(-c3ccc(F)cc3F)c(C)nn2c1=O. The summed E-state index contributed by atoms with van der Waals surface area (Å²) in [6.45, 7) is 3.27. The van der Waals surface area contributed by atoms with Gasteiger partial charge in [0.05, 0.1) is 41.7 Å². The molecule has 2 aromatic heterocycles. The number of carbonyl (C=O) groups is 1. The molecule has 4 rings (SSSR count). The molecule has 2 heterocycles. The van der Waals surface area contributed by atoms with Gasteiger partial charge >= 0.3 is 5.97 Å². The van der Waals surface area contributed by atoms with Crippen molar-refractivity contribution in [3.05, 3.63) is 87.0 Å². The summed E-state index contributed by atoms with van der Waals surface area (Å²) in [4.78, 5) is 28.9. The van der Waals surface area contributed by atoms with E-state index in [1.165, 1.54) is 6.07 Å². The fraction of sp³-hybridized carbons (Fsp3) is 0.167. The van der Waals surface area contributed by atoms with Crippen LogP contribution in [0.3, 0.4) is 0 Å². The van der Waals surface area contributed by atoms with Crippen molar-refractivity contribution in [2.24, 2.45) is 0 Å². The number of hydrogen-bond acceptors (Lipinski definition) is 6. The smallest absolute Gasteiger partial charge is 0.345 e. The monoisotopic (exact) mass is 463 g/mol. The second-order valence-electron chi connectivity index (χ2n) is 7.39. The van der Waals surface area contributed by atoms with Gasteiger partial charge in [-0.15, -0.1) is 0 Å². The average Bonchev–Trinajstić information content (AvgIpc) is 3.14. The van der Waals surface area contributed by atoms with E-state index in [9.17, 15) is 18.4 Å². The largest absolute Gasteiger partial charge is 0.462 e. The number of nitrogens with zero attached hydrogens (tertiary/aromatic N) is 3. The molecular weight excluding hydrogens is 444 g/mol. The summed E-state index contributed by atoms with van der Waals surface area (Å²) < 4.78 is 34.1. The number of halogens is 2. The number of nitriles is 1. The molecule has 2 aromatic carbocycles. The van der Waals surface area contributed by atoms with E-state index in [4.69, 9.17) is 10.00 Å². The van der Waals surface area contributed by atoms with Crippen LogP contribution >= 0.6 is 0 Å². The highest BCUT2D eigenvalue weighted by Crippen LogP contribution is 2.30. The molecule has 172 valence electrons. The molecule has 8 nitrogen and oxygen atoms in total. The maximum atomic E-state index is 14.6. The van der Waals surface area contributed by atoms with Crippen LogP contribution < -0.4 is 10.9 Å². The summed E-state index contributed by atoms with van der Waals surface area (Å²) in [5.41, 5.74) is 1.12. The number of ether oxygens (including phenoxy) is 1. The van der Waals surface area contributed by atoms with Gasteiger partial charge in [0, 0.05) is 17.3 Å². The number of aryl methyl sites for hydroxylation is 1. The standard InChI is InChI=1S/C24H19F2N5O3/c1-3-34-24(33)21-19(12-28-16-7-4-14(11-27)5-8-16)29-22-20(13(2)30-31(22)23(21)32)17-9-6-15(25)10-18(17)26/h4-10,28-29H,3,12H2,1-2H3. The molecule has 2 N–H and O–H groups in total. The molecule has 0 bridgehead atoms. The molecule has 4 aromatic rings. The van der Waals surface area contributed by atoms with Gasteiger partial charge in [0.1, 0.15) is 22.8 Å². The van der Waals surface area contributed by atoms with Crippen molar-refractivity contribution >= 4 is 17.3 Å². The second kappa shape index (κ2) is 9.15. The Morgan fingerprint density at radius 3 is 2.62 bits per heavy atom. The van der Waals surface area contributed by atoms with E-state index in [1.54, 1.807) is 38.1 Å². The number of anilines is 1. The first kappa shape index (κ1) is 22.7. The Labute approximate surface area is 192 Å². The zero-order chi connectivity index (χ0) is 24.4. The normalized spacial score (nSPS) is 10.8. The molecule has 34 heavy (non-hydrogen) atoms. The molecule has 0 aliphatic rings. The van der Waals surface area contributed by atoms with Gasteiger partial charge in [0.15, 0.2) is 0 Å². The summed E-state index contributed by atoms with van der Waals surface area (Å²) >= 11 is 0. The number of aromatic nitrogens is 3. The minimum Gasteiger partial charge on any atom is -0.462 e. The van der Waals surface area contributed by atoms with E-state index in [0.29, 0.717) is 16.9 Å². The van der Waals surface area contributed by atoms with Gasteiger partial charge in [-0.2, -0.15) is 14.9 Å². The first-order valence-electron chi connectivity index (χ1n) is 10.3. The lowest BCUT2D eigenvalue weighted by Crippen LogP contribution is -2.28. The highest BCUT2D eigenvalue weighted by molar-refractivity contribution is 5.91. The van der Waals surface area contributed by atoms with E-state index in [1.807, 2.05) is 6.07 Å². The molecule has 0 amide bonds. The second-order valence-corrected chi connectivity index (χ2v) is 7.39. The highest BCUT2D eigenvalue weighted by Gasteiger charge is 2.25. The Hall–Kier alpha value is -4.52. The van der Waals surface area contributed by atoms with E-state index >= 15 is 0 Å². The van der Waals surface area contributed by atoms with Gasteiger partial charge in [0.25, 0.3) is 5.56 Å². The summed E-state index contributed by atoms with van der Waals surface area (Å²) in [5, 5.41) is 16.2. The van der Waals surface area contributed by atoms with Gasteiger partial charge in [-0.1, -0.05) is 0 Å². The van der Waals surface area contributed by atoms with E-state index in [-0.39, 0.29) is 41.2 Å². The van der Waals surface area contributed by atoms with Crippen LogP contribution in [0.15, 0.2) is 47.3 Å². The molecule has 10 heteroatoms. The number of nitrogens with one attached hydrogen (secondary N) is 2. The van der Waals surface area contributed by atoms with Crippen LogP contribution in [0.5, 0.6) is 0 Å². The molecule has 0 saturated heterocycles. The summed E-state index contributed by atoms with van der Waals surface area (Å²) in [5.74, 6) is -2.38. The fourth-order valence-corrected chi connectivity index (χ4v) is 3.64. The quantitative estimate of drug-likeness (QED) is 0.419. The molecular formula is C24H19F2N5O3. The minimum absolute atomic E-state index is 0.0152. The summed E-state index contributed by atoms with van der Waals surface area (Å²) in [6, 6.07) is 11.8. The van der Waals surface area contributed by atoms with Gasteiger partial charge in [-0.05, 0) is 50.2 Å². The van der Waals surface area contributed by atoms with Crippen LogP contribution in [-0.2, 0) is 11.3 Å². The first-order valence-corrected chi connectivity index (χ1v) is 10.3. The number of hydrogen-bond donors (Lipinski definition) is 2. The maximum absolute atomic E-state index is 14.6. The molecule has 0 atom stereocenters. The Morgan fingerprint density at radius 1 is 1.24 bits per heavy atom. The molecule has 0 aliphatic heterocycles. The number of carbonyl (C=O) groups excluding carboxylic acids is 1. The third kappa shape index (κ3) is 4.11. The van der Waals surface area contributed by atoms with Crippen LogP contribution in [0, 0.1) is 29.9 Å². The third-order valence-corrected chi connectivity index (χ3v) is 5.20. The molecule has 0 aliphatic carbocycles. The summed E-state index contributed by atoms with van der Waals surface area (Å²) in [6.07, 6.45) is 0. The Bertz CT molecular complexity index is 1500. The Morgan fingerprint density at radius 2 is 1.97 bits per heavy atom. The van der Waals surface area contributed by atoms with Crippen LogP contribution in [0.1, 0.15) is 34.2 Å². The van der Waals surface area contributed by atoms with Crippen molar-refractivity contribution < 1.29 is 18.3 Å². The van der Waals surface area contributed by atoms with Crippen molar-refractivity contribution in [2.75, 3.05) is 11.9 Å². The number of aromatic amines is 1.